The maximum Gasteiger partial charge on any atom is 0.247 e. The van der Waals surface area contributed by atoms with Gasteiger partial charge in [0.05, 0.1) is 0 Å². The largest absolute Gasteiger partial charge is 0.366 e. The molecule has 20 heavy (non-hydrogen) atoms. The van der Waals surface area contributed by atoms with Crippen LogP contribution in [0.15, 0.2) is 27.8 Å². The molecule has 1 aliphatic carbocycles. The molecule has 0 atom stereocenters. The smallest absolute Gasteiger partial charge is 0.247 e. The number of sulfonamides is 1. The normalized spacial score (nSPS) is 14.2. The number of thiophene rings is 1. The molecule has 106 valence electrons. The number of aryl methyl sites for hydroxylation is 2. The lowest BCUT2D eigenvalue weighted by molar-refractivity contribution is 0.599. The summed E-state index contributed by atoms with van der Waals surface area (Å²) < 4.78 is 23.1. The highest BCUT2D eigenvalue weighted by Crippen LogP contribution is 2.24. The number of nitrogens with one attached hydrogen (secondary N) is 1. The van der Waals surface area contributed by atoms with Gasteiger partial charge in [-0.1, -0.05) is 6.07 Å². The number of rotatable bonds is 4. The van der Waals surface area contributed by atoms with Gasteiger partial charge >= 0.3 is 0 Å². The van der Waals surface area contributed by atoms with E-state index in [0.29, 0.717) is 12.1 Å². The van der Waals surface area contributed by atoms with Gasteiger partial charge in [-0.25, -0.2) is 18.5 Å². The van der Waals surface area contributed by atoms with Crippen molar-refractivity contribution in [2.75, 3.05) is 5.32 Å². The number of pyridine rings is 1. The van der Waals surface area contributed by atoms with E-state index in [1.165, 1.54) is 5.56 Å². The maximum atomic E-state index is 11.4. The Bertz CT molecular complexity index is 738. The van der Waals surface area contributed by atoms with Crippen LogP contribution in [0.4, 0.5) is 5.82 Å². The highest BCUT2D eigenvalue weighted by Gasteiger charge is 2.16. The SMILES string of the molecule is NS(=O)(=O)c1sccc1CNc1ccc2c(n1)CCC2. The third-order valence-corrected chi connectivity index (χ3v) is 5.87. The number of hydrogen-bond acceptors (Lipinski definition) is 5. The van der Waals surface area contributed by atoms with Gasteiger partial charge in [-0.15, -0.1) is 11.3 Å². The first-order valence-corrected chi connectivity index (χ1v) is 8.78. The van der Waals surface area contributed by atoms with Crippen molar-refractivity contribution in [1.82, 2.24) is 4.98 Å². The molecule has 0 bridgehead atoms. The van der Waals surface area contributed by atoms with Crippen LogP contribution in [0.2, 0.25) is 0 Å². The molecule has 0 aromatic carbocycles. The second-order valence-corrected chi connectivity index (χ2v) is 7.46. The molecule has 0 unspecified atom stereocenters. The van der Waals surface area contributed by atoms with Gasteiger partial charge in [0.1, 0.15) is 10.0 Å². The molecule has 5 nitrogen and oxygen atoms in total. The van der Waals surface area contributed by atoms with Crippen molar-refractivity contribution < 1.29 is 8.42 Å². The van der Waals surface area contributed by atoms with Crippen molar-refractivity contribution in [1.29, 1.82) is 0 Å². The standard InChI is InChI=1S/C13H15N3O2S2/c14-20(17,18)13-10(6-7-19-13)8-15-12-5-4-9-2-1-3-11(9)16-12/h4-7H,1-3,8H2,(H,15,16)(H2,14,17,18). The van der Waals surface area contributed by atoms with E-state index >= 15 is 0 Å². The van der Waals surface area contributed by atoms with Crippen LogP contribution in [0.5, 0.6) is 0 Å². The van der Waals surface area contributed by atoms with Gasteiger partial charge in [-0.3, -0.25) is 0 Å². The van der Waals surface area contributed by atoms with Gasteiger partial charge in [-0.05, 0) is 42.3 Å². The minimum Gasteiger partial charge on any atom is -0.366 e. The Morgan fingerprint density at radius 2 is 2.15 bits per heavy atom. The summed E-state index contributed by atoms with van der Waals surface area (Å²) in [6.45, 7) is 0.404. The predicted octanol–water partition coefficient (Wildman–Crippen LogP) is 1.89. The molecular weight excluding hydrogens is 294 g/mol. The topological polar surface area (TPSA) is 85.1 Å². The van der Waals surface area contributed by atoms with E-state index in [1.54, 1.807) is 11.4 Å². The van der Waals surface area contributed by atoms with Gasteiger partial charge in [0.2, 0.25) is 10.0 Å². The van der Waals surface area contributed by atoms with Crippen LogP contribution in [-0.4, -0.2) is 13.4 Å². The van der Waals surface area contributed by atoms with E-state index in [-0.39, 0.29) is 4.21 Å². The van der Waals surface area contributed by atoms with Gasteiger partial charge < -0.3 is 5.32 Å². The fourth-order valence-electron chi connectivity index (χ4n) is 2.41. The number of nitrogens with two attached hydrogens (primary N) is 1. The van der Waals surface area contributed by atoms with Gasteiger partial charge in [0.15, 0.2) is 0 Å². The number of fused-ring (bicyclic) bond motifs is 1. The van der Waals surface area contributed by atoms with Gasteiger partial charge in [0.25, 0.3) is 0 Å². The van der Waals surface area contributed by atoms with Crippen molar-refractivity contribution in [2.24, 2.45) is 5.14 Å². The number of anilines is 1. The average Bonchev–Trinajstić information content (AvgIpc) is 3.03. The van der Waals surface area contributed by atoms with E-state index in [1.807, 2.05) is 6.07 Å². The lowest BCUT2D eigenvalue weighted by Gasteiger charge is -2.07. The van der Waals surface area contributed by atoms with Crippen LogP contribution < -0.4 is 10.5 Å². The average molecular weight is 309 g/mol. The molecule has 0 fully saturated rings. The lowest BCUT2D eigenvalue weighted by atomic mass is 10.2. The van der Waals surface area contributed by atoms with Crippen LogP contribution in [0.3, 0.4) is 0 Å². The number of hydrogen-bond donors (Lipinski definition) is 2. The first-order valence-electron chi connectivity index (χ1n) is 6.36. The van der Waals surface area contributed by atoms with Crippen molar-refractivity contribution >= 4 is 27.2 Å². The summed E-state index contributed by atoms with van der Waals surface area (Å²) in [5, 5.41) is 10.1. The molecule has 3 N–H and O–H groups in total. The van der Waals surface area contributed by atoms with E-state index in [4.69, 9.17) is 5.14 Å². The molecule has 0 spiro atoms. The molecule has 0 aliphatic heterocycles. The lowest BCUT2D eigenvalue weighted by Crippen LogP contribution is -2.13. The number of nitrogens with zero attached hydrogens (tertiary/aromatic N) is 1. The number of primary sulfonamides is 1. The maximum absolute atomic E-state index is 11.4. The van der Waals surface area contributed by atoms with Crippen molar-refractivity contribution in [3.05, 3.63) is 40.4 Å². The van der Waals surface area contributed by atoms with E-state index < -0.39 is 10.0 Å². The zero-order valence-electron chi connectivity index (χ0n) is 10.8. The van der Waals surface area contributed by atoms with Crippen LogP contribution >= 0.6 is 11.3 Å². The quantitative estimate of drug-likeness (QED) is 0.903. The fourth-order valence-corrected chi connectivity index (χ4v) is 4.26. The third-order valence-electron chi connectivity index (χ3n) is 3.35. The molecule has 0 amide bonds. The van der Waals surface area contributed by atoms with Crippen LogP contribution in [0.1, 0.15) is 23.2 Å². The fraction of sp³-hybridized carbons (Fsp3) is 0.308. The third kappa shape index (κ3) is 2.70. The van der Waals surface area contributed by atoms with Gasteiger partial charge in [-0.2, -0.15) is 0 Å². The first-order chi connectivity index (χ1) is 9.54. The molecule has 3 rings (SSSR count). The van der Waals surface area contributed by atoms with Crippen LogP contribution in [-0.2, 0) is 29.4 Å². The van der Waals surface area contributed by atoms with Crippen molar-refractivity contribution in [3.63, 3.8) is 0 Å². The first kappa shape index (κ1) is 13.5. The van der Waals surface area contributed by atoms with E-state index in [0.717, 1.165) is 42.1 Å². The van der Waals surface area contributed by atoms with Crippen LogP contribution in [0, 0.1) is 0 Å². The van der Waals surface area contributed by atoms with Gasteiger partial charge in [0, 0.05) is 17.8 Å². The Hall–Kier alpha value is -1.44. The minimum absolute atomic E-state index is 0.214. The summed E-state index contributed by atoms with van der Waals surface area (Å²) >= 11 is 1.14. The monoisotopic (exact) mass is 309 g/mol. The Kier molecular flexibility index (Phi) is 3.49. The molecule has 0 saturated heterocycles. The van der Waals surface area contributed by atoms with Crippen molar-refractivity contribution in [3.8, 4) is 0 Å². The van der Waals surface area contributed by atoms with Crippen LogP contribution in [0.25, 0.3) is 0 Å². The Morgan fingerprint density at radius 1 is 1.30 bits per heavy atom. The number of aromatic nitrogens is 1. The molecule has 1 aliphatic rings. The predicted molar refractivity (Wildman–Crippen MR) is 79.3 cm³/mol. The molecule has 2 aromatic rings. The Morgan fingerprint density at radius 3 is 2.95 bits per heavy atom. The summed E-state index contributed by atoms with van der Waals surface area (Å²) in [6.07, 6.45) is 3.28. The summed E-state index contributed by atoms with van der Waals surface area (Å²) in [5.41, 5.74) is 3.14. The zero-order chi connectivity index (χ0) is 14.2. The highest BCUT2D eigenvalue weighted by molar-refractivity contribution is 7.91. The second-order valence-electron chi connectivity index (χ2n) is 4.79. The second kappa shape index (κ2) is 5.16. The molecule has 2 aromatic heterocycles. The summed E-state index contributed by atoms with van der Waals surface area (Å²) in [4.78, 5) is 4.56. The highest BCUT2D eigenvalue weighted by atomic mass is 32.2. The summed E-state index contributed by atoms with van der Waals surface area (Å²) in [7, 11) is -3.65. The Labute approximate surface area is 121 Å². The Balaban J connectivity index is 1.76. The molecule has 0 radical (unpaired) electrons. The molecule has 7 heteroatoms. The zero-order valence-corrected chi connectivity index (χ0v) is 12.4. The molecule has 0 saturated carbocycles. The summed E-state index contributed by atoms with van der Waals surface area (Å²) in [6, 6.07) is 5.80. The van der Waals surface area contributed by atoms with E-state index in [2.05, 4.69) is 16.4 Å². The summed E-state index contributed by atoms with van der Waals surface area (Å²) in [5.74, 6) is 0.775. The van der Waals surface area contributed by atoms with E-state index in [9.17, 15) is 8.42 Å². The van der Waals surface area contributed by atoms with Crippen molar-refractivity contribution in [2.45, 2.75) is 30.0 Å². The molecule has 2 heterocycles. The minimum atomic E-state index is -3.65. The molecular formula is C13H15N3O2S2.